The first kappa shape index (κ1) is 46.3. The van der Waals surface area contributed by atoms with Crippen LogP contribution in [0.1, 0.15) is 55.0 Å². The molecule has 0 spiro atoms. The lowest BCUT2D eigenvalue weighted by molar-refractivity contribution is 0.174. The lowest BCUT2D eigenvalue weighted by atomic mass is 9.96. The summed E-state index contributed by atoms with van der Waals surface area (Å²) >= 11 is 0. The third kappa shape index (κ3) is 13.9. The fourth-order valence-electron chi connectivity index (χ4n) is 8.30. The Labute approximate surface area is 384 Å². The number of nitrogens with zero attached hydrogens (tertiary/aromatic N) is 10. The number of halogens is 2. The number of tetrazole rings is 2. The summed E-state index contributed by atoms with van der Waals surface area (Å²) in [5, 5.41) is 35.0. The van der Waals surface area contributed by atoms with E-state index in [4.69, 9.17) is 0 Å². The number of benzene rings is 4. The van der Waals surface area contributed by atoms with Crippen LogP contribution in [0.25, 0.3) is 22.8 Å². The number of amides is 4. The van der Waals surface area contributed by atoms with E-state index in [-0.39, 0.29) is 29.4 Å². The minimum Gasteiger partial charge on any atom is -0.338 e. The molecule has 0 saturated carbocycles. The van der Waals surface area contributed by atoms with Gasteiger partial charge in [0.2, 0.25) is 0 Å². The molecule has 6 aromatic rings. The second-order valence-electron chi connectivity index (χ2n) is 16.8. The molecule has 2 aliphatic rings. The highest BCUT2D eigenvalue weighted by Crippen LogP contribution is 2.24. The van der Waals surface area contributed by atoms with Crippen molar-refractivity contribution < 1.29 is 24.1 Å². The van der Waals surface area contributed by atoms with Crippen LogP contribution in [0.5, 0.6) is 0 Å². The van der Waals surface area contributed by atoms with Crippen molar-refractivity contribution in [1.82, 2.24) is 60.8 Å². The van der Waals surface area contributed by atoms with Gasteiger partial charge >= 0.3 is 12.1 Å². The fraction of sp³-hybridized carbons (Fsp3) is 0.404. The molecule has 2 saturated heterocycles. The van der Waals surface area contributed by atoms with Crippen molar-refractivity contribution >= 4 is 23.4 Å². The van der Waals surface area contributed by atoms with E-state index >= 15 is 0 Å². The van der Waals surface area contributed by atoms with E-state index in [1.807, 2.05) is 60.7 Å². The van der Waals surface area contributed by atoms with Gasteiger partial charge in [0.15, 0.2) is 11.6 Å². The summed E-state index contributed by atoms with van der Waals surface area (Å²) in [6.07, 6.45) is 5.90. The van der Waals surface area contributed by atoms with Crippen molar-refractivity contribution in [2.24, 2.45) is 25.9 Å². The Morgan fingerprint density at radius 2 is 1.32 bits per heavy atom. The molecule has 0 unspecified atom stereocenters. The number of rotatable bonds is 14. The summed E-state index contributed by atoms with van der Waals surface area (Å²) in [5.74, 6) is 1.74. The number of piperidine rings is 2. The zero-order valence-electron chi connectivity index (χ0n) is 37.3. The van der Waals surface area contributed by atoms with Crippen molar-refractivity contribution in [3.05, 3.63) is 119 Å². The van der Waals surface area contributed by atoms with E-state index in [0.717, 1.165) is 111 Å². The SMILES string of the molecule is CCc1cc(NC(=O)NC[C@@H]2CCCN(CCc3cccc(F)c3)C2)cc(-c2nnnn2C)c1.Cn1nnnc1-c1cccc(NC(=O)NCC2CCN(Cc3ccc(F)cc3)CC2)c1.[HH].[HH].[HH].[HH]. The van der Waals surface area contributed by atoms with E-state index < -0.39 is 0 Å². The molecule has 65 heavy (non-hydrogen) atoms. The second kappa shape index (κ2) is 22.8. The molecule has 2 aromatic heterocycles. The zero-order chi connectivity index (χ0) is 45.5. The van der Waals surface area contributed by atoms with Gasteiger partial charge in [0.25, 0.3) is 0 Å². The maximum absolute atomic E-state index is 13.4. The predicted molar refractivity (Wildman–Crippen MR) is 254 cm³/mol. The molecule has 4 amide bonds. The number of hydrogen-bond acceptors (Lipinski definition) is 10. The Kier molecular flexibility index (Phi) is 16.3. The molecule has 1 atom stereocenters. The summed E-state index contributed by atoms with van der Waals surface area (Å²) in [6.45, 7) is 8.98. The smallest absolute Gasteiger partial charge is 0.319 e. The Balaban J connectivity index is 0.000000346. The predicted octanol–water partition coefficient (Wildman–Crippen LogP) is 7.69. The van der Waals surface area contributed by atoms with Crippen LogP contribution in [0.4, 0.5) is 29.7 Å². The molecular weight excluding hydrogens is 831 g/mol. The molecule has 8 rings (SSSR count). The summed E-state index contributed by atoms with van der Waals surface area (Å²) in [4.78, 5) is 29.7. The van der Waals surface area contributed by atoms with Crippen LogP contribution >= 0.6 is 0 Å². The monoisotopic (exact) mass is 897 g/mol. The van der Waals surface area contributed by atoms with Gasteiger partial charge in [0.1, 0.15) is 11.6 Å². The molecule has 0 bridgehead atoms. The van der Waals surface area contributed by atoms with Crippen LogP contribution in [0, 0.1) is 23.5 Å². The number of carbonyl (C=O) groups excluding carboxylic acids is 2. The molecule has 0 aliphatic carbocycles. The largest absolute Gasteiger partial charge is 0.338 e. The third-order valence-electron chi connectivity index (χ3n) is 11.9. The van der Waals surface area contributed by atoms with Crippen LogP contribution in [0.3, 0.4) is 0 Å². The quantitative estimate of drug-likeness (QED) is 0.0849. The first-order chi connectivity index (χ1) is 31.6. The van der Waals surface area contributed by atoms with Crippen molar-refractivity contribution in [2.75, 3.05) is 56.4 Å². The fourth-order valence-corrected chi connectivity index (χ4v) is 8.30. The van der Waals surface area contributed by atoms with Crippen molar-refractivity contribution in [3.8, 4) is 22.8 Å². The first-order valence-electron chi connectivity index (χ1n) is 22.3. The molecule has 4 aromatic carbocycles. The van der Waals surface area contributed by atoms with Crippen LogP contribution in [-0.4, -0.2) is 108 Å². The lowest BCUT2D eigenvalue weighted by Crippen LogP contribution is -2.42. The summed E-state index contributed by atoms with van der Waals surface area (Å²) in [7, 11) is 3.56. The number of hydrogen-bond donors (Lipinski definition) is 4. The van der Waals surface area contributed by atoms with Crippen LogP contribution < -0.4 is 21.3 Å². The molecule has 16 nitrogen and oxygen atoms in total. The van der Waals surface area contributed by atoms with Crippen molar-refractivity contribution in [1.29, 1.82) is 0 Å². The number of aryl methyl sites for hydroxylation is 3. The first-order valence-corrected chi connectivity index (χ1v) is 22.3. The molecule has 18 heteroatoms. The number of likely N-dealkylation sites (tertiary alicyclic amines) is 2. The van der Waals surface area contributed by atoms with Gasteiger partial charge in [-0.1, -0.05) is 43.3 Å². The molecule has 4 N–H and O–H groups in total. The van der Waals surface area contributed by atoms with Gasteiger partial charge < -0.3 is 26.2 Å². The van der Waals surface area contributed by atoms with E-state index in [2.05, 4.69) is 69.0 Å². The van der Waals surface area contributed by atoms with Gasteiger partial charge in [-0.05, 0) is 162 Å². The molecule has 2 fully saturated rings. The standard InChI is InChI=1S/C25H32FN7O.C22H26FN7O.4H2/c1-3-18-12-21(24-29-30-31-32(24)2)15-23(14-18)28-25(34)27-16-20-7-5-10-33(17-20)11-9-19-6-4-8-22(26)13-19;1-29-21(26-27-28-29)18-3-2-4-20(13-18)25-22(31)24-14-16-9-11-30(12-10-16)15-17-5-7-19(23)8-6-17;;;;/h4,6,8,12-15,20H,3,5,7,9-11,16-17H2,1-2H3,(H2,27,28,34);2-8,13,16H,9-12,14-15H2,1H3,(H2,24,25,31);4*1H/t20-;;;;;/m0...../s1. The Morgan fingerprint density at radius 3 is 2.00 bits per heavy atom. The second-order valence-corrected chi connectivity index (χ2v) is 16.8. The minimum absolute atomic E-state index is 0. The highest BCUT2D eigenvalue weighted by Gasteiger charge is 2.22. The van der Waals surface area contributed by atoms with Crippen LogP contribution in [0.2, 0.25) is 0 Å². The number of aromatic nitrogens is 8. The summed E-state index contributed by atoms with van der Waals surface area (Å²) in [5.41, 5.74) is 6.34. The third-order valence-corrected chi connectivity index (χ3v) is 11.9. The number of nitrogens with one attached hydrogen (secondary N) is 4. The number of anilines is 2. The number of carbonyl (C=O) groups is 2. The van der Waals surface area contributed by atoms with Crippen LogP contribution in [-0.2, 0) is 33.5 Å². The Hall–Kier alpha value is -6.66. The van der Waals surface area contributed by atoms with Gasteiger partial charge in [0.05, 0.1) is 0 Å². The van der Waals surface area contributed by atoms with E-state index in [9.17, 15) is 18.4 Å². The van der Waals surface area contributed by atoms with Gasteiger partial charge in [-0.15, -0.1) is 10.2 Å². The van der Waals surface area contributed by atoms with Gasteiger partial charge in [0, 0.05) is 75.0 Å². The lowest BCUT2D eigenvalue weighted by Gasteiger charge is -2.32. The van der Waals surface area contributed by atoms with E-state index in [1.165, 1.54) is 18.2 Å². The topological polar surface area (TPSA) is 176 Å². The molecule has 4 heterocycles. The average Bonchev–Trinajstić information content (AvgIpc) is 3.96. The van der Waals surface area contributed by atoms with Gasteiger partial charge in [-0.3, -0.25) is 4.90 Å². The maximum Gasteiger partial charge on any atom is 0.319 e. The highest BCUT2D eigenvalue weighted by atomic mass is 19.1. The Morgan fingerprint density at radius 1 is 0.662 bits per heavy atom. The molecule has 0 radical (unpaired) electrons. The summed E-state index contributed by atoms with van der Waals surface area (Å²) in [6, 6.07) is 26.4. The summed E-state index contributed by atoms with van der Waals surface area (Å²) < 4.78 is 29.7. The minimum atomic E-state index is -0.220. The average molecular weight is 897 g/mol. The van der Waals surface area contributed by atoms with Gasteiger partial charge in [-0.25, -0.2) is 27.7 Å². The Bertz CT molecular complexity index is 2490. The van der Waals surface area contributed by atoms with Crippen molar-refractivity contribution in [2.45, 2.75) is 52.0 Å². The van der Waals surface area contributed by atoms with Crippen LogP contribution in [0.15, 0.2) is 91.0 Å². The molecular formula is C47H66F2N14O2. The molecule has 2 aliphatic heterocycles. The maximum atomic E-state index is 13.4. The molecule has 350 valence electrons. The zero-order valence-corrected chi connectivity index (χ0v) is 37.3. The van der Waals surface area contributed by atoms with Gasteiger partial charge in [-0.2, -0.15) is 0 Å². The normalized spacial score (nSPS) is 15.7. The highest BCUT2D eigenvalue weighted by molar-refractivity contribution is 5.90. The van der Waals surface area contributed by atoms with E-state index in [0.29, 0.717) is 42.3 Å². The van der Waals surface area contributed by atoms with E-state index in [1.54, 1.807) is 35.6 Å². The van der Waals surface area contributed by atoms with Crippen molar-refractivity contribution in [3.63, 3.8) is 0 Å². The number of urea groups is 2.